The van der Waals surface area contributed by atoms with Crippen LogP contribution in [0.5, 0.6) is 5.88 Å². The molecule has 0 aliphatic rings. The summed E-state index contributed by atoms with van der Waals surface area (Å²) >= 11 is 0. The lowest BCUT2D eigenvalue weighted by atomic mass is 10.1. The van der Waals surface area contributed by atoms with Gasteiger partial charge in [0, 0.05) is 31.9 Å². The normalized spacial score (nSPS) is 11.8. The smallest absolute Gasteiger partial charge is 0.269 e. The van der Waals surface area contributed by atoms with Crippen LogP contribution in [-0.2, 0) is 33.6 Å². The van der Waals surface area contributed by atoms with Crippen molar-refractivity contribution in [3.63, 3.8) is 0 Å². The van der Waals surface area contributed by atoms with Gasteiger partial charge in [-0.25, -0.2) is 0 Å². The molecule has 20 heavy (non-hydrogen) atoms. The van der Waals surface area contributed by atoms with E-state index in [0.29, 0.717) is 25.0 Å². The Balaban J connectivity index is 3.27. The standard InChI is InChI=1S/C12H19NO6S/c1-3-9-7-11(14)13(5-4-6-19-2)12(15)10(9)8-20(16,17)18/h7,14H,3-6,8H2,1-2H3,(H,16,17,18). The lowest BCUT2D eigenvalue weighted by Gasteiger charge is -2.13. The molecule has 8 heteroatoms. The van der Waals surface area contributed by atoms with Crippen LogP contribution in [0, 0.1) is 0 Å². The van der Waals surface area contributed by atoms with Gasteiger partial charge in [0.1, 0.15) is 5.75 Å². The highest BCUT2D eigenvalue weighted by Gasteiger charge is 2.18. The quantitative estimate of drug-likeness (QED) is 0.562. The third-order valence-corrected chi connectivity index (χ3v) is 3.56. The molecule has 0 saturated carbocycles. The first-order chi connectivity index (χ1) is 9.30. The SMILES string of the molecule is CCc1cc(O)n(CCCOC)c(=O)c1CS(=O)(=O)O. The molecule has 2 N–H and O–H groups in total. The number of hydrogen-bond acceptors (Lipinski definition) is 5. The maximum Gasteiger partial charge on any atom is 0.269 e. The predicted octanol–water partition coefficient (Wildman–Crippen LogP) is 0.541. The predicted molar refractivity (Wildman–Crippen MR) is 73.5 cm³/mol. The van der Waals surface area contributed by atoms with Crippen LogP contribution in [0.3, 0.4) is 0 Å². The average Bonchev–Trinajstić information content (AvgIpc) is 2.35. The molecule has 114 valence electrons. The molecule has 0 spiro atoms. The van der Waals surface area contributed by atoms with Crippen molar-refractivity contribution in [3.8, 4) is 5.88 Å². The summed E-state index contributed by atoms with van der Waals surface area (Å²) in [6.45, 7) is 2.35. The average molecular weight is 305 g/mol. The molecule has 1 aromatic heterocycles. The van der Waals surface area contributed by atoms with E-state index in [2.05, 4.69) is 0 Å². The summed E-state index contributed by atoms with van der Waals surface area (Å²) in [7, 11) is -2.79. The lowest BCUT2D eigenvalue weighted by molar-refractivity contribution is 0.188. The molecule has 0 bridgehead atoms. The van der Waals surface area contributed by atoms with Gasteiger partial charge in [0.25, 0.3) is 15.7 Å². The molecule has 0 fully saturated rings. The fourth-order valence-corrected chi connectivity index (χ4v) is 2.63. The van der Waals surface area contributed by atoms with Crippen LogP contribution in [0.2, 0.25) is 0 Å². The molecule has 1 rings (SSSR count). The first kappa shape index (κ1) is 16.7. The first-order valence-corrected chi connectivity index (χ1v) is 7.79. The third-order valence-electron chi connectivity index (χ3n) is 2.91. The van der Waals surface area contributed by atoms with Gasteiger partial charge in [0.2, 0.25) is 0 Å². The second kappa shape index (κ2) is 6.87. The monoisotopic (exact) mass is 305 g/mol. The van der Waals surface area contributed by atoms with Crippen LogP contribution in [0.25, 0.3) is 0 Å². The van der Waals surface area contributed by atoms with Crippen molar-refractivity contribution in [3.05, 3.63) is 27.5 Å². The highest BCUT2D eigenvalue weighted by Crippen LogP contribution is 2.16. The maximum atomic E-state index is 12.2. The van der Waals surface area contributed by atoms with Gasteiger partial charge in [-0.3, -0.25) is 13.9 Å². The van der Waals surface area contributed by atoms with Gasteiger partial charge in [0.05, 0.1) is 0 Å². The van der Waals surface area contributed by atoms with Gasteiger partial charge >= 0.3 is 0 Å². The second-order valence-electron chi connectivity index (χ2n) is 4.39. The van der Waals surface area contributed by atoms with Gasteiger partial charge in [0.15, 0.2) is 5.88 Å². The molecule has 0 aliphatic heterocycles. The molecule has 1 aromatic rings. The van der Waals surface area contributed by atoms with Crippen molar-refractivity contribution in [2.45, 2.75) is 32.1 Å². The third kappa shape index (κ3) is 4.32. The van der Waals surface area contributed by atoms with Gasteiger partial charge in [-0.15, -0.1) is 0 Å². The molecule has 0 saturated heterocycles. The van der Waals surface area contributed by atoms with E-state index in [-0.39, 0.29) is 18.0 Å². The zero-order chi connectivity index (χ0) is 15.3. The molecule has 0 amide bonds. The number of aromatic hydroxyl groups is 1. The van der Waals surface area contributed by atoms with Crippen molar-refractivity contribution < 1.29 is 22.8 Å². The zero-order valence-corrected chi connectivity index (χ0v) is 12.3. The fourth-order valence-electron chi connectivity index (χ4n) is 1.96. The first-order valence-electron chi connectivity index (χ1n) is 6.18. The molecule has 7 nitrogen and oxygen atoms in total. The minimum Gasteiger partial charge on any atom is -0.494 e. The summed E-state index contributed by atoms with van der Waals surface area (Å²) in [6, 6.07) is 1.36. The van der Waals surface area contributed by atoms with Crippen molar-refractivity contribution in [2.24, 2.45) is 0 Å². The van der Waals surface area contributed by atoms with Gasteiger partial charge in [-0.05, 0) is 18.4 Å². The fraction of sp³-hybridized carbons (Fsp3) is 0.583. The number of ether oxygens (including phenoxy) is 1. The number of nitrogens with zero attached hydrogens (tertiary/aromatic N) is 1. The number of hydrogen-bond donors (Lipinski definition) is 2. The molecular weight excluding hydrogens is 286 g/mol. The van der Waals surface area contributed by atoms with E-state index >= 15 is 0 Å². The van der Waals surface area contributed by atoms with Crippen molar-refractivity contribution >= 4 is 10.1 Å². The molecule has 0 radical (unpaired) electrons. The van der Waals surface area contributed by atoms with E-state index < -0.39 is 21.4 Å². The maximum absolute atomic E-state index is 12.2. The van der Waals surface area contributed by atoms with E-state index in [1.165, 1.54) is 13.2 Å². The van der Waals surface area contributed by atoms with Crippen molar-refractivity contribution in [2.75, 3.05) is 13.7 Å². The van der Waals surface area contributed by atoms with Crippen LogP contribution < -0.4 is 5.56 Å². The number of aromatic nitrogens is 1. The highest BCUT2D eigenvalue weighted by atomic mass is 32.2. The highest BCUT2D eigenvalue weighted by molar-refractivity contribution is 7.85. The summed E-state index contributed by atoms with van der Waals surface area (Å²) in [5, 5.41) is 9.84. The Bertz CT molecular complexity index is 620. The van der Waals surface area contributed by atoms with Crippen LogP contribution >= 0.6 is 0 Å². The van der Waals surface area contributed by atoms with E-state index in [9.17, 15) is 18.3 Å². The Morgan fingerprint density at radius 1 is 1.40 bits per heavy atom. The molecule has 0 aromatic carbocycles. The summed E-state index contributed by atoms with van der Waals surface area (Å²) in [4.78, 5) is 12.2. The largest absolute Gasteiger partial charge is 0.494 e. The Kier molecular flexibility index (Phi) is 5.73. The lowest BCUT2D eigenvalue weighted by Crippen LogP contribution is -2.27. The minimum absolute atomic E-state index is 0.00906. The molecular formula is C12H19NO6S. The topological polar surface area (TPSA) is 106 Å². The molecule has 0 aliphatic carbocycles. The number of pyridine rings is 1. The number of rotatable bonds is 7. The van der Waals surface area contributed by atoms with Gasteiger partial charge in [-0.1, -0.05) is 6.92 Å². The van der Waals surface area contributed by atoms with Crippen molar-refractivity contribution in [1.29, 1.82) is 0 Å². The van der Waals surface area contributed by atoms with Crippen LogP contribution in [0.4, 0.5) is 0 Å². The molecule has 0 atom stereocenters. The van der Waals surface area contributed by atoms with E-state index in [1.807, 2.05) is 0 Å². The van der Waals surface area contributed by atoms with Crippen LogP contribution in [0.15, 0.2) is 10.9 Å². The van der Waals surface area contributed by atoms with E-state index in [0.717, 1.165) is 4.57 Å². The zero-order valence-electron chi connectivity index (χ0n) is 11.5. The van der Waals surface area contributed by atoms with Gasteiger partial charge < -0.3 is 9.84 Å². The summed E-state index contributed by atoms with van der Waals surface area (Å²) in [5.41, 5.74) is -0.200. The summed E-state index contributed by atoms with van der Waals surface area (Å²) in [5.74, 6) is -0.971. The Morgan fingerprint density at radius 3 is 2.55 bits per heavy atom. The number of methoxy groups -OCH3 is 1. The summed E-state index contributed by atoms with van der Waals surface area (Å²) in [6.07, 6.45) is 0.882. The van der Waals surface area contributed by atoms with E-state index in [1.54, 1.807) is 6.92 Å². The van der Waals surface area contributed by atoms with E-state index in [4.69, 9.17) is 9.29 Å². The second-order valence-corrected chi connectivity index (χ2v) is 5.84. The van der Waals surface area contributed by atoms with Crippen LogP contribution in [0.1, 0.15) is 24.5 Å². The Morgan fingerprint density at radius 2 is 2.05 bits per heavy atom. The minimum atomic E-state index is -4.31. The molecule has 1 heterocycles. The number of aryl methyl sites for hydroxylation is 1. The molecule has 0 unspecified atom stereocenters. The van der Waals surface area contributed by atoms with Gasteiger partial charge in [-0.2, -0.15) is 8.42 Å². The Labute approximate surface area is 117 Å². The van der Waals surface area contributed by atoms with Crippen molar-refractivity contribution in [1.82, 2.24) is 4.57 Å². The summed E-state index contributed by atoms with van der Waals surface area (Å²) < 4.78 is 36.9. The van der Waals surface area contributed by atoms with Crippen LogP contribution in [-0.4, -0.2) is 36.4 Å². The Hall–Kier alpha value is -1.38.